The maximum absolute atomic E-state index is 12.3. The molecule has 0 amide bonds. The molecule has 0 bridgehead atoms. The molecule has 0 unspecified atom stereocenters. The van der Waals surface area contributed by atoms with E-state index >= 15 is 0 Å². The van der Waals surface area contributed by atoms with Gasteiger partial charge < -0.3 is 18.9 Å². The van der Waals surface area contributed by atoms with E-state index in [9.17, 15) is 9.59 Å². The molecule has 0 radical (unpaired) electrons. The fraction of sp³-hybridized carbons (Fsp3) is 0.263. The van der Waals surface area contributed by atoms with Gasteiger partial charge in [0.2, 0.25) is 0 Å². The zero-order valence-electron chi connectivity index (χ0n) is 14.7. The molecule has 0 aliphatic carbocycles. The van der Waals surface area contributed by atoms with Gasteiger partial charge in [0.1, 0.15) is 6.61 Å². The van der Waals surface area contributed by atoms with E-state index in [-0.39, 0.29) is 17.2 Å². The molecule has 0 N–H and O–H groups in total. The first-order valence-corrected chi connectivity index (χ1v) is 8.22. The van der Waals surface area contributed by atoms with Crippen LogP contribution < -0.4 is 9.47 Å². The lowest BCUT2D eigenvalue weighted by molar-refractivity contribution is 0.0472. The molecule has 0 spiro atoms. The third kappa shape index (κ3) is 4.67. The normalized spacial score (nSPS) is 10.2. The van der Waals surface area contributed by atoms with Gasteiger partial charge in [-0.1, -0.05) is 23.7 Å². The molecule has 0 atom stereocenters. The standard InChI is InChI=1S/C19H19ClO6/c1-4-25-17-15(20)9-14(10-16(17)23-2)19(22)26-11-12-6-5-7-13(8-12)18(21)24-3/h5-10H,4,11H2,1-3H3. The largest absolute Gasteiger partial charge is 0.493 e. The van der Waals surface area contributed by atoms with Crippen LogP contribution in [0, 0.1) is 0 Å². The molecule has 0 heterocycles. The molecule has 138 valence electrons. The van der Waals surface area contributed by atoms with Gasteiger partial charge in [0.05, 0.1) is 37.0 Å². The second-order valence-electron chi connectivity index (χ2n) is 5.19. The van der Waals surface area contributed by atoms with Crippen LogP contribution >= 0.6 is 11.6 Å². The summed E-state index contributed by atoms with van der Waals surface area (Å²) in [5.41, 5.74) is 1.27. The number of rotatable bonds is 7. The van der Waals surface area contributed by atoms with Crippen LogP contribution in [0.1, 0.15) is 33.2 Å². The molecule has 0 aliphatic heterocycles. The zero-order valence-corrected chi connectivity index (χ0v) is 15.5. The van der Waals surface area contributed by atoms with Crippen molar-refractivity contribution in [2.75, 3.05) is 20.8 Å². The van der Waals surface area contributed by atoms with Crippen molar-refractivity contribution in [3.05, 3.63) is 58.1 Å². The number of carbonyl (C=O) groups excluding carboxylic acids is 2. The van der Waals surface area contributed by atoms with Gasteiger partial charge in [-0.25, -0.2) is 9.59 Å². The van der Waals surface area contributed by atoms with Crippen molar-refractivity contribution >= 4 is 23.5 Å². The SMILES string of the molecule is CCOc1c(Cl)cc(C(=O)OCc2cccc(C(=O)OC)c2)cc1OC. The second kappa shape index (κ2) is 9.10. The molecule has 2 rings (SSSR count). The summed E-state index contributed by atoms with van der Waals surface area (Å²) < 4.78 is 20.6. The molecular formula is C19H19ClO6. The Morgan fingerprint density at radius 2 is 1.81 bits per heavy atom. The summed E-state index contributed by atoms with van der Waals surface area (Å²) in [4.78, 5) is 23.9. The lowest BCUT2D eigenvalue weighted by Gasteiger charge is -2.13. The first kappa shape index (κ1) is 19.6. The van der Waals surface area contributed by atoms with Crippen LogP contribution in [-0.2, 0) is 16.1 Å². The lowest BCUT2D eigenvalue weighted by Crippen LogP contribution is -2.07. The number of methoxy groups -OCH3 is 2. The summed E-state index contributed by atoms with van der Waals surface area (Å²) in [5, 5.41) is 0.255. The van der Waals surface area contributed by atoms with Crippen molar-refractivity contribution in [2.45, 2.75) is 13.5 Å². The Bertz CT molecular complexity index is 803. The van der Waals surface area contributed by atoms with Crippen LogP contribution in [0.3, 0.4) is 0 Å². The Balaban J connectivity index is 2.13. The van der Waals surface area contributed by atoms with E-state index in [1.54, 1.807) is 24.3 Å². The smallest absolute Gasteiger partial charge is 0.338 e. The minimum atomic E-state index is -0.572. The summed E-state index contributed by atoms with van der Waals surface area (Å²) in [5.74, 6) is -0.309. The first-order chi connectivity index (χ1) is 12.5. The third-order valence-corrected chi connectivity index (χ3v) is 3.75. The average Bonchev–Trinajstić information content (AvgIpc) is 2.67. The van der Waals surface area contributed by atoms with E-state index in [1.165, 1.54) is 26.4 Å². The zero-order chi connectivity index (χ0) is 19.1. The van der Waals surface area contributed by atoms with Gasteiger partial charge in [-0.2, -0.15) is 0 Å². The predicted molar refractivity (Wildman–Crippen MR) is 96.1 cm³/mol. The van der Waals surface area contributed by atoms with E-state index in [0.29, 0.717) is 29.2 Å². The molecule has 0 aliphatic rings. The molecule has 0 fully saturated rings. The molecule has 26 heavy (non-hydrogen) atoms. The van der Waals surface area contributed by atoms with Crippen LogP contribution in [0.4, 0.5) is 0 Å². The number of hydrogen-bond acceptors (Lipinski definition) is 6. The molecule has 0 saturated carbocycles. The Kier molecular flexibility index (Phi) is 6.86. The van der Waals surface area contributed by atoms with Crippen LogP contribution in [0.15, 0.2) is 36.4 Å². The van der Waals surface area contributed by atoms with Gasteiger partial charge in [0.25, 0.3) is 0 Å². The monoisotopic (exact) mass is 378 g/mol. The Labute approximate surface area is 156 Å². The third-order valence-electron chi connectivity index (χ3n) is 3.47. The summed E-state index contributed by atoms with van der Waals surface area (Å²) in [6.45, 7) is 2.23. The van der Waals surface area contributed by atoms with Gasteiger partial charge in [0, 0.05) is 0 Å². The van der Waals surface area contributed by atoms with Crippen molar-refractivity contribution in [1.82, 2.24) is 0 Å². The number of halogens is 1. The van der Waals surface area contributed by atoms with Crippen LogP contribution in [0.5, 0.6) is 11.5 Å². The Hall–Kier alpha value is -2.73. The van der Waals surface area contributed by atoms with Crippen molar-refractivity contribution in [3.8, 4) is 11.5 Å². The van der Waals surface area contributed by atoms with Gasteiger partial charge in [-0.3, -0.25) is 0 Å². The number of ether oxygens (including phenoxy) is 4. The highest BCUT2D eigenvalue weighted by Crippen LogP contribution is 2.36. The van der Waals surface area contributed by atoms with Gasteiger partial charge in [-0.15, -0.1) is 0 Å². The van der Waals surface area contributed by atoms with Gasteiger partial charge in [-0.05, 0) is 36.8 Å². The molecule has 6 nitrogen and oxygen atoms in total. The fourth-order valence-corrected chi connectivity index (χ4v) is 2.53. The lowest BCUT2D eigenvalue weighted by atomic mass is 10.1. The van der Waals surface area contributed by atoms with Gasteiger partial charge in [0.15, 0.2) is 11.5 Å². The Morgan fingerprint density at radius 1 is 1.04 bits per heavy atom. The number of carbonyl (C=O) groups is 2. The predicted octanol–water partition coefficient (Wildman–Crippen LogP) is 3.89. The summed E-state index contributed by atoms with van der Waals surface area (Å²) >= 11 is 6.16. The van der Waals surface area contributed by atoms with Crippen molar-refractivity contribution in [2.24, 2.45) is 0 Å². The average molecular weight is 379 g/mol. The molecule has 0 saturated heterocycles. The van der Waals surface area contributed by atoms with E-state index in [1.807, 2.05) is 6.92 Å². The first-order valence-electron chi connectivity index (χ1n) is 7.84. The number of esters is 2. The minimum Gasteiger partial charge on any atom is -0.493 e. The maximum Gasteiger partial charge on any atom is 0.338 e. The molecule has 2 aromatic carbocycles. The molecule has 0 aromatic heterocycles. The van der Waals surface area contributed by atoms with Crippen LogP contribution in [0.2, 0.25) is 5.02 Å². The van der Waals surface area contributed by atoms with Crippen molar-refractivity contribution < 1.29 is 28.5 Å². The maximum atomic E-state index is 12.3. The number of benzene rings is 2. The van der Waals surface area contributed by atoms with E-state index < -0.39 is 11.9 Å². The molecule has 7 heteroatoms. The Morgan fingerprint density at radius 3 is 2.46 bits per heavy atom. The minimum absolute atomic E-state index is 0.00316. The summed E-state index contributed by atoms with van der Waals surface area (Å²) in [6, 6.07) is 9.61. The quantitative estimate of drug-likeness (QED) is 0.681. The molecular weight excluding hydrogens is 360 g/mol. The summed E-state index contributed by atoms with van der Waals surface area (Å²) in [6.07, 6.45) is 0. The number of hydrogen-bond donors (Lipinski definition) is 0. The van der Waals surface area contributed by atoms with Crippen molar-refractivity contribution in [1.29, 1.82) is 0 Å². The van der Waals surface area contributed by atoms with E-state index in [0.717, 1.165) is 0 Å². The molecule has 2 aromatic rings. The van der Waals surface area contributed by atoms with Gasteiger partial charge >= 0.3 is 11.9 Å². The topological polar surface area (TPSA) is 71.1 Å². The van der Waals surface area contributed by atoms with Crippen LogP contribution in [-0.4, -0.2) is 32.8 Å². The highest BCUT2D eigenvalue weighted by atomic mass is 35.5. The highest BCUT2D eigenvalue weighted by Gasteiger charge is 2.17. The van der Waals surface area contributed by atoms with Crippen molar-refractivity contribution in [3.63, 3.8) is 0 Å². The highest BCUT2D eigenvalue weighted by molar-refractivity contribution is 6.32. The summed E-state index contributed by atoms with van der Waals surface area (Å²) in [7, 11) is 2.76. The van der Waals surface area contributed by atoms with E-state index in [4.69, 9.17) is 25.8 Å². The second-order valence-corrected chi connectivity index (χ2v) is 5.60. The van der Waals surface area contributed by atoms with E-state index in [2.05, 4.69) is 4.74 Å². The fourth-order valence-electron chi connectivity index (χ4n) is 2.26. The van der Waals surface area contributed by atoms with Crippen LogP contribution in [0.25, 0.3) is 0 Å².